The number of aliphatic carboxylic acids is 1. The van der Waals surface area contributed by atoms with Gasteiger partial charge in [-0.1, -0.05) is 30.7 Å². The first-order valence-corrected chi connectivity index (χ1v) is 7.05. The van der Waals surface area contributed by atoms with Gasteiger partial charge in [-0.2, -0.15) is 0 Å². The van der Waals surface area contributed by atoms with Crippen LogP contribution < -0.4 is 5.73 Å². The van der Waals surface area contributed by atoms with E-state index in [2.05, 4.69) is 6.92 Å². The number of benzene rings is 1. The Labute approximate surface area is 119 Å². The third-order valence-electron chi connectivity index (χ3n) is 3.37. The van der Waals surface area contributed by atoms with E-state index in [9.17, 15) is 4.79 Å². The number of nitrogens with two attached hydrogens (primary N) is 1. The van der Waals surface area contributed by atoms with Crippen molar-refractivity contribution in [1.29, 1.82) is 0 Å². The Morgan fingerprint density at radius 2 is 2.00 bits per heavy atom. The molecule has 0 aliphatic rings. The molecule has 0 amide bonds. The zero-order valence-corrected chi connectivity index (χ0v) is 12.1. The Bertz CT molecular complexity index is 392. The minimum atomic E-state index is -0.764. The molecule has 0 saturated carbocycles. The van der Waals surface area contributed by atoms with Crippen LogP contribution in [0.4, 0.5) is 0 Å². The average Bonchev–Trinajstić information content (AvgIpc) is 2.36. The van der Waals surface area contributed by atoms with Gasteiger partial charge >= 0.3 is 5.97 Å². The number of hydrogen-bond acceptors (Lipinski definition) is 2. The molecule has 0 bridgehead atoms. The topological polar surface area (TPSA) is 63.3 Å². The summed E-state index contributed by atoms with van der Waals surface area (Å²) in [5, 5.41) is 9.55. The number of halogens is 1. The first kappa shape index (κ1) is 16.0. The molecule has 0 aromatic heterocycles. The van der Waals surface area contributed by atoms with Crippen LogP contribution in [0.25, 0.3) is 0 Å². The number of aryl methyl sites for hydroxylation is 1. The van der Waals surface area contributed by atoms with Crippen molar-refractivity contribution in [3.05, 3.63) is 34.9 Å². The van der Waals surface area contributed by atoms with Crippen molar-refractivity contribution < 1.29 is 9.90 Å². The normalized spacial score (nSPS) is 14.1. The van der Waals surface area contributed by atoms with Crippen molar-refractivity contribution in [2.75, 3.05) is 6.54 Å². The highest BCUT2D eigenvalue weighted by atomic mass is 35.5. The second-order valence-corrected chi connectivity index (χ2v) is 5.64. The Balaban J connectivity index is 2.35. The molecule has 19 heavy (non-hydrogen) atoms. The highest BCUT2D eigenvalue weighted by Crippen LogP contribution is 2.20. The maximum Gasteiger partial charge on any atom is 0.303 e. The van der Waals surface area contributed by atoms with Gasteiger partial charge < -0.3 is 10.8 Å². The van der Waals surface area contributed by atoms with Crippen LogP contribution in [0, 0.1) is 11.8 Å². The smallest absolute Gasteiger partial charge is 0.303 e. The molecule has 106 valence electrons. The molecule has 3 nitrogen and oxygen atoms in total. The largest absolute Gasteiger partial charge is 0.481 e. The van der Waals surface area contributed by atoms with E-state index in [-0.39, 0.29) is 12.3 Å². The predicted octanol–water partition coefficient (Wildman–Crippen LogP) is 3.35. The lowest BCUT2D eigenvalue weighted by Gasteiger charge is -2.18. The number of carboxylic acids is 1. The number of carbonyl (C=O) groups is 1. The van der Waals surface area contributed by atoms with Gasteiger partial charge in [0.1, 0.15) is 0 Å². The van der Waals surface area contributed by atoms with Gasteiger partial charge in [0, 0.05) is 11.4 Å². The van der Waals surface area contributed by atoms with E-state index in [1.165, 1.54) is 5.56 Å². The molecule has 2 atom stereocenters. The standard InChI is InChI=1S/C15H22ClNO2/c1-11(8-13(10-17)9-15(18)19)2-3-12-4-6-14(16)7-5-12/h4-7,11,13H,2-3,8-10,17H2,1H3,(H,18,19)/t11?,13-/m0/s1. The lowest BCUT2D eigenvalue weighted by atomic mass is 9.89. The maximum atomic E-state index is 10.7. The highest BCUT2D eigenvalue weighted by molar-refractivity contribution is 6.30. The SMILES string of the molecule is CC(CCc1ccc(Cl)cc1)C[C@H](CN)CC(=O)O. The zero-order valence-electron chi connectivity index (χ0n) is 11.3. The van der Waals surface area contributed by atoms with Crippen LogP contribution in [0.15, 0.2) is 24.3 Å². The summed E-state index contributed by atoms with van der Waals surface area (Å²) in [6, 6.07) is 7.86. The van der Waals surface area contributed by atoms with Gasteiger partial charge in [-0.15, -0.1) is 0 Å². The van der Waals surface area contributed by atoms with Gasteiger partial charge in [-0.05, 0) is 55.3 Å². The molecule has 0 radical (unpaired) electrons. The minimum absolute atomic E-state index is 0.0812. The van der Waals surface area contributed by atoms with Crippen LogP contribution in [-0.4, -0.2) is 17.6 Å². The van der Waals surface area contributed by atoms with Crippen LogP contribution in [-0.2, 0) is 11.2 Å². The van der Waals surface area contributed by atoms with Crippen LogP contribution in [0.5, 0.6) is 0 Å². The quantitative estimate of drug-likeness (QED) is 0.769. The molecule has 0 aliphatic heterocycles. The van der Waals surface area contributed by atoms with E-state index >= 15 is 0 Å². The fourth-order valence-electron chi connectivity index (χ4n) is 2.26. The molecule has 1 unspecified atom stereocenters. The summed E-state index contributed by atoms with van der Waals surface area (Å²) in [6.45, 7) is 2.60. The number of carboxylic acid groups (broad SMARTS) is 1. The van der Waals surface area contributed by atoms with Gasteiger partial charge in [-0.25, -0.2) is 0 Å². The molecule has 0 aliphatic carbocycles. The number of hydrogen-bond donors (Lipinski definition) is 2. The summed E-state index contributed by atoms with van der Waals surface area (Å²) >= 11 is 5.84. The van der Waals surface area contributed by atoms with E-state index in [0.717, 1.165) is 24.3 Å². The molecular weight excluding hydrogens is 262 g/mol. The molecule has 0 heterocycles. The zero-order chi connectivity index (χ0) is 14.3. The minimum Gasteiger partial charge on any atom is -0.481 e. The van der Waals surface area contributed by atoms with Crippen LogP contribution in [0.3, 0.4) is 0 Å². The Morgan fingerprint density at radius 1 is 1.37 bits per heavy atom. The summed E-state index contributed by atoms with van der Waals surface area (Å²) in [7, 11) is 0. The van der Waals surface area contributed by atoms with Gasteiger partial charge in [-0.3, -0.25) is 4.79 Å². The maximum absolute atomic E-state index is 10.7. The van der Waals surface area contributed by atoms with Gasteiger partial charge in [0.2, 0.25) is 0 Å². The summed E-state index contributed by atoms with van der Waals surface area (Å²) in [5.74, 6) is -0.207. The monoisotopic (exact) mass is 283 g/mol. The van der Waals surface area contributed by atoms with Crippen molar-refractivity contribution in [3.63, 3.8) is 0 Å². The van der Waals surface area contributed by atoms with Crippen molar-refractivity contribution in [2.24, 2.45) is 17.6 Å². The lowest BCUT2D eigenvalue weighted by molar-refractivity contribution is -0.138. The third kappa shape index (κ3) is 6.60. The molecule has 3 N–H and O–H groups in total. The van der Waals surface area contributed by atoms with Crippen LogP contribution in [0.2, 0.25) is 5.02 Å². The van der Waals surface area contributed by atoms with Crippen molar-refractivity contribution in [2.45, 2.75) is 32.6 Å². The Hall–Kier alpha value is -1.06. The van der Waals surface area contributed by atoms with Crippen molar-refractivity contribution in [3.8, 4) is 0 Å². The van der Waals surface area contributed by atoms with Gasteiger partial charge in [0.25, 0.3) is 0 Å². The van der Waals surface area contributed by atoms with E-state index in [1.54, 1.807) is 0 Å². The van der Waals surface area contributed by atoms with Crippen molar-refractivity contribution >= 4 is 17.6 Å². The van der Waals surface area contributed by atoms with E-state index in [4.69, 9.17) is 22.4 Å². The predicted molar refractivity (Wildman–Crippen MR) is 78.4 cm³/mol. The average molecular weight is 284 g/mol. The third-order valence-corrected chi connectivity index (χ3v) is 3.62. The van der Waals surface area contributed by atoms with E-state index in [0.29, 0.717) is 12.5 Å². The lowest BCUT2D eigenvalue weighted by Crippen LogP contribution is -2.20. The molecule has 1 aromatic carbocycles. The molecule has 0 saturated heterocycles. The fraction of sp³-hybridized carbons (Fsp3) is 0.533. The molecule has 0 fully saturated rings. The Kier molecular flexibility index (Phi) is 6.89. The summed E-state index contributed by atoms with van der Waals surface area (Å²) in [4.78, 5) is 10.7. The molecule has 0 spiro atoms. The van der Waals surface area contributed by atoms with Gasteiger partial charge in [0.05, 0.1) is 0 Å². The van der Waals surface area contributed by atoms with E-state index < -0.39 is 5.97 Å². The summed E-state index contributed by atoms with van der Waals surface area (Å²) in [6.07, 6.45) is 3.07. The summed E-state index contributed by atoms with van der Waals surface area (Å²) in [5.41, 5.74) is 6.88. The first-order chi connectivity index (χ1) is 9.01. The second kappa shape index (κ2) is 8.18. The Morgan fingerprint density at radius 3 is 2.53 bits per heavy atom. The van der Waals surface area contributed by atoms with E-state index in [1.807, 2.05) is 24.3 Å². The summed E-state index contributed by atoms with van der Waals surface area (Å²) < 4.78 is 0. The second-order valence-electron chi connectivity index (χ2n) is 5.21. The molecule has 1 aromatic rings. The number of rotatable bonds is 8. The van der Waals surface area contributed by atoms with Crippen LogP contribution >= 0.6 is 11.6 Å². The molecule has 4 heteroatoms. The molecule has 1 rings (SSSR count). The molecular formula is C15H22ClNO2. The van der Waals surface area contributed by atoms with Gasteiger partial charge in [0.15, 0.2) is 0 Å². The first-order valence-electron chi connectivity index (χ1n) is 6.67. The highest BCUT2D eigenvalue weighted by Gasteiger charge is 2.15. The fourth-order valence-corrected chi connectivity index (χ4v) is 2.39. The van der Waals surface area contributed by atoms with Crippen LogP contribution in [0.1, 0.15) is 31.7 Å². The van der Waals surface area contributed by atoms with Crippen molar-refractivity contribution in [1.82, 2.24) is 0 Å².